The van der Waals surface area contributed by atoms with Gasteiger partial charge in [0.15, 0.2) is 0 Å². The highest BCUT2D eigenvalue weighted by molar-refractivity contribution is 5.82. The molecule has 2 saturated heterocycles. The van der Waals surface area contributed by atoms with Crippen LogP contribution in [0.5, 0.6) is 0 Å². The Balaban J connectivity index is 1.53. The van der Waals surface area contributed by atoms with Crippen molar-refractivity contribution in [2.24, 2.45) is 10.8 Å². The number of hydrogen-bond acceptors (Lipinski definition) is 11. The molecule has 2 bridgehead atoms. The molecule has 3 fully saturated rings. The molecule has 2 spiro atoms. The SMILES string of the molecule is CC(=O)O[C@]1(C)CC(=O)OC[C@]23CCC(C)=C[C@H]2O[C@@H]2C[C@@H](OC(=O)/C=C\C=C/[C@H](C(C)O)OCC1O)[C@@]3(C)[C@@]21CO1. The summed E-state index contributed by atoms with van der Waals surface area (Å²) < 4.78 is 36.0. The minimum Gasteiger partial charge on any atom is -0.465 e. The van der Waals surface area contributed by atoms with E-state index >= 15 is 0 Å². The number of aliphatic hydroxyl groups is 2. The second kappa shape index (κ2) is 11.2. The molecule has 10 atom stereocenters. The molecule has 3 aliphatic heterocycles. The number of carbonyl (C=O) groups is 3. The summed E-state index contributed by atoms with van der Waals surface area (Å²) in [5, 5.41) is 21.2. The minimum atomic E-state index is -1.66. The molecule has 0 radical (unpaired) electrons. The topological polar surface area (TPSA) is 150 Å². The first-order valence-electron chi connectivity index (χ1n) is 14.6. The van der Waals surface area contributed by atoms with Gasteiger partial charge in [0.1, 0.15) is 36.1 Å². The number of ether oxygens (including phenoxy) is 6. The molecule has 0 amide bonds. The summed E-state index contributed by atoms with van der Waals surface area (Å²) in [6.45, 7) is 8.28. The number of rotatable bonds is 2. The Morgan fingerprint density at radius 3 is 2.57 bits per heavy atom. The third kappa shape index (κ3) is 5.13. The summed E-state index contributed by atoms with van der Waals surface area (Å²) in [7, 11) is 0. The fourth-order valence-electron chi connectivity index (χ4n) is 7.45. The number of aliphatic hydroxyl groups excluding tert-OH is 2. The van der Waals surface area contributed by atoms with Gasteiger partial charge in [0.05, 0.1) is 43.4 Å². The molecule has 0 aromatic carbocycles. The average molecular weight is 591 g/mol. The monoisotopic (exact) mass is 590 g/mol. The molecule has 2 aliphatic carbocycles. The van der Waals surface area contributed by atoms with Crippen molar-refractivity contribution in [1.82, 2.24) is 0 Å². The third-order valence-corrected chi connectivity index (χ3v) is 10.1. The highest BCUT2D eigenvalue weighted by Gasteiger charge is 2.83. The molecule has 5 rings (SSSR count). The van der Waals surface area contributed by atoms with Crippen LogP contribution in [-0.4, -0.2) is 95.8 Å². The standard InChI is InChI=1S/C31H42O11/c1-18-10-11-30-16-38-27(36)14-28(4,42-20(3)33)22(34)15-37-21(19(2)32)8-6-7-9-26(35)41-23-13-25(40-24(30)12-18)31(17-39-31)29(23,30)5/h6-9,12,19,21-25,32,34H,10-11,13-17H2,1-5H3/b8-6-,9-7-/t19?,21-,22?,23-,24-,25-,28-,29-,30-,31-/m1/s1. The molecule has 3 heterocycles. The molecule has 2 unspecified atom stereocenters. The maximum atomic E-state index is 13.4. The lowest BCUT2D eigenvalue weighted by Gasteiger charge is -2.58. The van der Waals surface area contributed by atoms with Crippen LogP contribution in [0.25, 0.3) is 0 Å². The lowest BCUT2D eigenvalue weighted by molar-refractivity contribution is -0.234. The van der Waals surface area contributed by atoms with Crippen molar-refractivity contribution in [3.05, 3.63) is 36.0 Å². The predicted molar refractivity (Wildman–Crippen MR) is 147 cm³/mol. The lowest BCUT2D eigenvalue weighted by Crippen LogP contribution is -2.66. The van der Waals surface area contributed by atoms with E-state index in [1.165, 1.54) is 39.0 Å². The number of allylic oxidation sites excluding steroid dienone is 3. The van der Waals surface area contributed by atoms with Crippen molar-refractivity contribution < 1.29 is 53.0 Å². The Morgan fingerprint density at radius 2 is 1.90 bits per heavy atom. The van der Waals surface area contributed by atoms with E-state index in [9.17, 15) is 24.6 Å². The van der Waals surface area contributed by atoms with Crippen LogP contribution in [0.15, 0.2) is 36.0 Å². The van der Waals surface area contributed by atoms with E-state index in [0.29, 0.717) is 19.4 Å². The normalized spacial score (nSPS) is 46.2. The Bertz CT molecular complexity index is 1190. The van der Waals surface area contributed by atoms with E-state index in [1.54, 1.807) is 6.08 Å². The van der Waals surface area contributed by atoms with Crippen LogP contribution in [0.4, 0.5) is 0 Å². The van der Waals surface area contributed by atoms with Gasteiger partial charge in [-0.1, -0.05) is 36.8 Å². The molecular formula is C31H42O11. The van der Waals surface area contributed by atoms with Crippen molar-refractivity contribution in [3.8, 4) is 0 Å². The first-order chi connectivity index (χ1) is 19.8. The summed E-state index contributed by atoms with van der Waals surface area (Å²) in [6, 6.07) is 0. The van der Waals surface area contributed by atoms with Gasteiger partial charge in [-0.2, -0.15) is 0 Å². The summed E-state index contributed by atoms with van der Waals surface area (Å²) in [4.78, 5) is 38.5. The van der Waals surface area contributed by atoms with Crippen molar-refractivity contribution in [2.75, 3.05) is 19.8 Å². The van der Waals surface area contributed by atoms with Crippen molar-refractivity contribution >= 4 is 17.9 Å². The Morgan fingerprint density at radius 1 is 1.17 bits per heavy atom. The summed E-state index contributed by atoms with van der Waals surface area (Å²) in [5.74, 6) is -1.90. The first kappa shape index (κ1) is 30.9. The number of carbonyl (C=O) groups excluding carboxylic acids is 3. The molecule has 0 aromatic rings. The highest BCUT2D eigenvalue weighted by Crippen LogP contribution is 2.72. The number of cyclic esters (lactones) is 1. The van der Waals surface area contributed by atoms with Gasteiger partial charge in [0, 0.05) is 24.8 Å². The predicted octanol–water partition coefficient (Wildman–Crippen LogP) is 2.08. The Hall–Kier alpha value is -2.57. The zero-order valence-corrected chi connectivity index (χ0v) is 24.9. The first-order valence-corrected chi connectivity index (χ1v) is 14.6. The van der Waals surface area contributed by atoms with E-state index < -0.39 is 76.9 Å². The zero-order valence-electron chi connectivity index (χ0n) is 24.9. The van der Waals surface area contributed by atoms with Crippen molar-refractivity contribution in [3.63, 3.8) is 0 Å². The highest BCUT2D eigenvalue weighted by atomic mass is 16.6. The van der Waals surface area contributed by atoms with Gasteiger partial charge >= 0.3 is 17.9 Å². The Kier molecular flexibility index (Phi) is 8.21. The zero-order chi connectivity index (χ0) is 30.5. The molecule has 11 nitrogen and oxygen atoms in total. The summed E-state index contributed by atoms with van der Waals surface area (Å²) >= 11 is 0. The van der Waals surface area contributed by atoms with Crippen LogP contribution in [-0.2, 0) is 42.8 Å². The fraction of sp³-hybridized carbons (Fsp3) is 0.710. The van der Waals surface area contributed by atoms with E-state index in [1.807, 2.05) is 6.92 Å². The van der Waals surface area contributed by atoms with E-state index in [4.69, 9.17) is 28.4 Å². The van der Waals surface area contributed by atoms with Gasteiger partial charge in [0.2, 0.25) is 0 Å². The molecule has 1 saturated carbocycles. The largest absolute Gasteiger partial charge is 0.465 e. The van der Waals surface area contributed by atoms with Gasteiger partial charge in [0.25, 0.3) is 0 Å². The summed E-state index contributed by atoms with van der Waals surface area (Å²) in [6.07, 6.45) is 4.82. The second-order valence-corrected chi connectivity index (χ2v) is 12.8. The van der Waals surface area contributed by atoms with Gasteiger partial charge in [-0.05, 0) is 33.6 Å². The fourth-order valence-corrected chi connectivity index (χ4v) is 7.45. The maximum absolute atomic E-state index is 13.4. The van der Waals surface area contributed by atoms with Crippen LogP contribution in [0.3, 0.4) is 0 Å². The van der Waals surface area contributed by atoms with Crippen molar-refractivity contribution in [1.29, 1.82) is 0 Å². The van der Waals surface area contributed by atoms with Crippen LogP contribution < -0.4 is 0 Å². The van der Waals surface area contributed by atoms with E-state index in [-0.39, 0.29) is 19.3 Å². The molecule has 11 heteroatoms. The van der Waals surface area contributed by atoms with Crippen LogP contribution >= 0.6 is 0 Å². The van der Waals surface area contributed by atoms with Crippen molar-refractivity contribution in [2.45, 2.75) is 108 Å². The quantitative estimate of drug-likeness (QED) is 0.211. The summed E-state index contributed by atoms with van der Waals surface area (Å²) in [5.41, 5.74) is -2.67. The molecule has 5 aliphatic rings. The van der Waals surface area contributed by atoms with Gasteiger partial charge in [-0.15, -0.1) is 0 Å². The molecule has 0 aromatic heterocycles. The third-order valence-electron chi connectivity index (χ3n) is 10.1. The number of hydrogen-bond donors (Lipinski definition) is 2. The van der Waals surface area contributed by atoms with E-state index in [2.05, 4.69) is 13.0 Å². The smallest absolute Gasteiger partial charge is 0.331 e. The van der Waals surface area contributed by atoms with Crippen LogP contribution in [0, 0.1) is 10.8 Å². The van der Waals surface area contributed by atoms with Gasteiger partial charge < -0.3 is 38.6 Å². The number of epoxide rings is 1. The average Bonchev–Trinajstić information content (AvgIpc) is 3.68. The lowest BCUT2D eigenvalue weighted by atomic mass is 9.51. The number of esters is 3. The van der Waals surface area contributed by atoms with Gasteiger partial charge in [-0.3, -0.25) is 9.59 Å². The van der Waals surface area contributed by atoms with Gasteiger partial charge in [-0.25, -0.2) is 4.79 Å². The Labute approximate surface area is 245 Å². The minimum absolute atomic E-state index is 0.0475. The molecule has 232 valence electrons. The molecule has 42 heavy (non-hydrogen) atoms. The second-order valence-electron chi connectivity index (χ2n) is 12.8. The molecule has 2 N–H and O–H groups in total. The van der Waals surface area contributed by atoms with Crippen LogP contribution in [0.2, 0.25) is 0 Å². The maximum Gasteiger partial charge on any atom is 0.331 e. The van der Waals surface area contributed by atoms with Crippen LogP contribution in [0.1, 0.15) is 60.3 Å². The molecular weight excluding hydrogens is 548 g/mol. The van der Waals surface area contributed by atoms with E-state index in [0.717, 1.165) is 12.0 Å².